The van der Waals surface area contributed by atoms with Crippen LogP contribution in [0.3, 0.4) is 0 Å². The van der Waals surface area contributed by atoms with Gasteiger partial charge in [-0.1, -0.05) is 6.07 Å². The number of hydrogen-bond acceptors (Lipinski definition) is 6. The van der Waals surface area contributed by atoms with Gasteiger partial charge in [-0.2, -0.15) is 4.31 Å². The van der Waals surface area contributed by atoms with E-state index in [0.29, 0.717) is 11.4 Å². The van der Waals surface area contributed by atoms with Gasteiger partial charge in [0.15, 0.2) is 0 Å². The van der Waals surface area contributed by atoms with Crippen molar-refractivity contribution >= 4 is 27.5 Å². The van der Waals surface area contributed by atoms with Gasteiger partial charge in [-0.05, 0) is 24.3 Å². The van der Waals surface area contributed by atoms with Crippen LogP contribution >= 0.6 is 0 Å². The molecule has 10 heteroatoms. The minimum Gasteiger partial charge on any atom is -0.467 e. The van der Waals surface area contributed by atoms with Crippen LogP contribution in [0.5, 0.6) is 0 Å². The first kappa shape index (κ1) is 18.1. The Hall–Kier alpha value is -2.69. The van der Waals surface area contributed by atoms with E-state index in [1.807, 2.05) is 0 Å². The van der Waals surface area contributed by atoms with E-state index in [1.165, 1.54) is 30.5 Å². The van der Waals surface area contributed by atoms with E-state index in [1.54, 1.807) is 6.07 Å². The molecule has 1 aromatic carbocycles. The number of nitrogens with zero attached hydrogens (tertiary/aromatic N) is 1. The molecule has 1 saturated heterocycles. The molecular formula is C16H18N4O5S. The highest BCUT2D eigenvalue weighted by atomic mass is 32.2. The molecule has 4 N–H and O–H groups in total. The highest BCUT2D eigenvalue weighted by Crippen LogP contribution is 2.21. The van der Waals surface area contributed by atoms with Crippen LogP contribution < -0.4 is 16.4 Å². The number of amides is 2. The van der Waals surface area contributed by atoms with E-state index in [2.05, 4.69) is 10.6 Å². The lowest BCUT2D eigenvalue weighted by molar-refractivity contribution is -0.122. The van der Waals surface area contributed by atoms with Crippen molar-refractivity contribution in [1.29, 1.82) is 0 Å². The summed E-state index contributed by atoms with van der Waals surface area (Å²) in [7, 11) is -3.83. The summed E-state index contributed by atoms with van der Waals surface area (Å²) in [5, 5.41) is 5.20. The molecule has 0 radical (unpaired) electrons. The van der Waals surface area contributed by atoms with Crippen LogP contribution in [0, 0.1) is 0 Å². The summed E-state index contributed by atoms with van der Waals surface area (Å²) in [6.45, 7) is 0.403. The predicted octanol–water partition coefficient (Wildman–Crippen LogP) is 0.111. The van der Waals surface area contributed by atoms with Crippen LogP contribution in [0.4, 0.5) is 5.69 Å². The van der Waals surface area contributed by atoms with Gasteiger partial charge in [-0.3, -0.25) is 9.59 Å². The monoisotopic (exact) mass is 378 g/mol. The highest BCUT2D eigenvalue weighted by Gasteiger charge is 2.29. The first-order valence-corrected chi connectivity index (χ1v) is 9.30. The highest BCUT2D eigenvalue weighted by molar-refractivity contribution is 7.89. The maximum atomic E-state index is 12.7. The van der Waals surface area contributed by atoms with Crippen molar-refractivity contribution in [2.75, 3.05) is 25.0 Å². The Bertz CT molecular complexity index is 938. The molecule has 0 spiro atoms. The van der Waals surface area contributed by atoms with Crippen molar-refractivity contribution in [2.45, 2.75) is 11.4 Å². The van der Waals surface area contributed by atoms with Gasteiger partial charge in [-0.25, -0.2) is 8.42 Å². The predicted molar refractivity (Wildman–Crippen MR) is 92.8 cm³/mol. The fourth-order valence-electron chi connectivity index (χ4n) is 2.51. The molecular weight excluding hydrogens is 360 g/mol. The van der Waals surface area contributed by atoms with Crippen molar-refractivity contribution in [2.24, 2.45) is 5.73 Å². The van der Waals surface area contributed by atoms with Crippen molar-refractivity contribution in [3.05, 3.63) is 47.9 Å². The summed E-state index contributed by atoms with van der Waals surface area (Å²) in [5.74, 6) is -0.324. The molecule has 138 valence electrons. The maximum absolute atomic E-state index is 12.7. The molecule has 1 aromatic heterocycles. The maximum Gasteiger partial charge on any atom is 0.258 e. The molecule has 1 aliphatic heterocycles. The second kappa shape index (κ2) is 7.28. The van der Waals surface area contributed by atoms with Crippen molar-refractivity contribution in [3.8, 4) is 0 Å². The Labute approximate surface area is 150 Å². The number of carbonyl (C=O) groups excluding carboxylic acids is 2. The number of nitrogens with one attached hydrogen (secondary N) is 2. The van der Waals surface area contributed by atoms with Gasteiger partial charge in [-0.15, -0.1) is 0 Å². The number of anilines is 1. The van der Waals surface area contributed by atoms with E-state index >= 15 is 0 Å². The molecule has 2 aromatic rings. The summed E-state index contributed by atoms with van der Waals surface area (Å²) < 4.78 is 31.6. The lowest BCUT2D eigenvalue weighted by Crippen LogP contribution is -2.49. The Morgan fingerprint density at radius 3 is 2.85 bits per heavy atom. The number of furan rings is 1. The van der Waals surface area contributed by atoms with Crippen LogP contribution in [0.2, 0.25) is 0 Å². The van der Waals surface area contributed by atoms with Gasteiger partial charge in [0.1, 0.15) is 12.0 Å². The minimum atomic E-state index is -3.83. The molecule has 2 amide bonds. The number of nitrogens with two attached hydrogens (primary N) is 1. The average molecular weight is 378 g/mol. The molecule has 1 aliphatic rings. The van der Waals surface area contributed by atoms with Crippen LogP contribution in [-0.2, 0) is 21.4 Å². The normalized spacial score (nSPS) is 15.5. The van der Waals surface area contributed by atoms with Crippen LogP contribution in [0.25, 0.3) is 0 Å². The van der Waals surface area contributed by atoms with Gasteiger partial charge in [0, 0.05) is 18.8 Å². The van der Waals surface area contributed by atoms with Gasteiger partial charge in [0.2, 0.25) is 15.9 Å². The molecule has 1 fully saturated rings. The summed E-state index contributed by atoms with van der Waals surface area (Å²) in [6, 6.07) is 7.38. The van der Waals surface area contributed by atoms with Gasteiger partial charge < -0.3 is 20.8 Å². The third-order valence-corrected chi connectivity index (χ3v) is 5.69. The Kier molecular flexibility index (Phi) is 5.07. The summed E-state index contributed by atoms with van der Waals surface area (Å²) in [6.07, 6.45) is 1.28. The van der Waals surface area contributed by atoms with Crippen molar-refractivity contribution < 1.29 is 22.4 Å². The smallest absolute Gasteiger partial charge is 0.258 e. The zero-order chi connectivity index (χ0) is 18.7. The third kappa shape index (κ3) is 3.77. The number of benzene rings is 1. The molecule has 9 nitrogen and oxygen atoms in total. The fraction of sp³-hybridized carbons (Fsp3) is 0.250. The molecule has 0 unspecified atom stereocenters. The van der Waals surface area contributed by atoms with Gasteiger partial charge >= 0.3 is 0 Å². The third-order valence-electron chi connectivity index (χ3n) is 3.85. The molecule has 0 aliphatic carbocycles. The Balaban J connectivity index is 1.79. The second-order valence-electron chi connectivity index (χ2n) is 5.68. The largest absolute Gasteiger partial charge is 0.467 e. The lowest BCUT2D eigenvalue weighted by Gasteiger charge is -2.26. The lowest BCUT2D eigenvalue weighted by atomic mass is 10.2. The SMILES string of the molecule is NCc1cc(C(=O)Nc2cccc(S(=O)(=O)N3CCNC(=O)C3)c2)co1. The molecule has 0 saturated carbocycles. The summed E-state index contributed by atoms with van der Waals surface area (Å²) in [5.41, 5.74) is 6.04. The van der Waals surface area contributed by atoms with Crippen LogP contribution in [0.15, 0.2) is 45.9 Å². The van der Waals surface area contributed by atoms with Gasteiger partial charge in [0.25, 0.3) is 5.91 Å². The van der Waals surface area contributed by atoms with E-state index < -0.39 is 15.9 Å². The Morgan fingerprint density at radius 1 is 1.35 bits per heavy atom. The Morgan fingerprint density at radius 2 is 2.15 bits per heavy atom. The minimum absolute atomic E-state index is 0.000147. The zero-order valence-electron chi connectivity index (χ0n) is 13.8. The number of sulfonamides is 1. The van der Waals surface area contributed by atoms with E-state index in [4.69, 9.17) is 10.2 Å². The van der Waals surface area contributed by atoms with Crippen molar-refractivity contribution in [3.63, 3.8) is 0 Å². The van der Waals surface area contributed by atoms with Crippen LogP contribution in [0.1, 0.15) is 16.1 Å². The van der Waals surface area contributed by atoms with E-state index in [0.717, 1.165) is 4.31 Å². The first-order valence-electron chi connectivity index (χ1n) is 7.86. The zero-order valence-corrected chi connectivity index (χ0v) is 14.6. The van der Waals surface area contributed by atoms with Crippen molar-refractivity contribution in [1.82, 2.24) is 9.62 Å². The van der Waals surface area contributed by atoms with E-state index in [9.17, 15) is 18.0 Å². The number of hydrogen-bond donors (Lipinski definition) is 3. The standard InChI is InChI=1S/C16H18N4O5S/c17-8-13-6-11(10-25-13)16(22)19-12-2-1-3-14(7-12)26(23,24)20-5-4-18-15(21)9-20/h1-3,6-7,10H,4-5,8-9,17H2,(H,18,21)(H,19,22). The molecule has 2 heterocycles. The molecule has 0 bridgehead atoms. The summed E-state index contributed by atoms with van der Waals surface area (Å²) in [4.78, 5) is 23.7. The second-order valence-corrected chi connectivity index (χ2v) is 7.61. The summed E-state index contributed by atoms with van der Waals surface area (Å²) >= 11 is 0. The first-order chi connectivity index (χ1) is 12.4. The topological polar surface area (TPSA) is 135 Å². The fourth-order valence-corrected chi connectivity index (χ4v) is 3.96. The number of carbonyl (C=O) groups is 2. The molecule has 0 atom stereocenters. The average Bonchev–Trinajstić information content (AvgIpc) is 3.11. The van der Waals surface area contributed by atoms with Crippen LogP contribution in [-0.4, -0.2) is 44.2 Å². The molecule has 26 heavy (non-hydrogen) atoms. The van der Waals surface area contributed by atoms with E-state index in [-0.39, 0.29) is 42.5 Å². The number of piperazine rings is 1. The van der Waals surface area contributed by atoms with Gasteiger partial charge in [0.05, 0.1) is 23.5 Å². The molecule has 3 rings (SSSR count). The number of rotatable bonds is 5. The quantitative estimate of drug-likeness (QED) is 0.676.